The van der Waals surface area contributed by atoms with Gasteiger partial charge in [0.05, 0.1) is 12.0 Å². The van der Waals surface area contributed by atoms with Crippen LogP contribution in [0.5, 0.6) is 0 Å². The fourth-order valence-electron chi connectivity index (χ4n) is 0.990. The van der Waals surface area contributed by atoms with Gasteiger partial charge in [-0.25, -0.2) is 4.79 Å². The van der Waals surface area contributed by atoms with E-state index in [1.54, 1.807) is 0 Å². The van der Waals surface area contributed by atoms with Crippen LogP contribution in [0.1, 0.15) is 40.5 Å². The van der Waals surface area contributed by atoms with Crippen LogP contribution < -0.4 is 0 Å². The zero-order valence-corrected chi connectivity index (χ0v) is 9.26. The minimum Gasteiger partial charge on any atom is -0.395 e. The highest BCUT2D eigenvalue weighted by molar-refractivity contribution is 5.75. The maximum absolute atomic E-state index is 11.7. The van der Waals surface area contributed by atoms with Gasteiger partial charge in [-0.3, -0.25) is 4.94 Å². The maximum Gasteiger partial charge on any atom is 0.356 e. The van der Waals surface area contributed by atoms with E-state index in [-0.39, 0.29) is 5.41 Å². The Morgan fingerprint density at radius 3 is 2.07 bits per heavy atom. The zero-order valence-electron chi connectivity index (χ0n) is 9.26. The summed E-state index contributed by atoms with van der Waals surface area (Å²) in [5.74, 6) is -0.996. The number of carbonyl (C=O) groups is 1. The van der Waals surface area contributed by atoms with Crippen molar-refractivity contribution < 1.29 is 19.4 Å². The van der Waals surface area contributed by atoms with Crippen molar-refractivity contribution in [1.82, 2.24) is 0 Å². The Morgan fingerprint density at radius 1 is 1.29 bits per heavy atom. The molecule has 0 heterocycles. The molecule has 1 N–H and O–H groups in total. The lowest BCUT2D eigenvalue weighted by Crippen LogP contribution is -2.33. The van der Waals surface area contributed by atoms with Gasteiger partial charge in [-0.15, -0.1) is 0 Å². The van der Waals surface area contributed by atoms with E-state index in [9.17, 15) is 9.32 Å². The van der Waals surface area contributed by atoms with E-state index in [1.165, 1.54) is 6.92 Å². The SMILES string of the molecule is CC(C)(C)CCC(C)(CO)C(=O)OF. The summed E-state index contributed by atoms with van der Waals surface area (Å²) in [6, 6.07) is 0. The Bertz CT molecular complexity index is 198. The van der Waals surface area contributed by atoms with Crippen LogP contribution in [0, 0.1) is 10.8 Å². The molecule has 0 aromatic carbocycles. The molecule has 0 bridgehead atoms. The molecule has 0 spiro atoms. The molecule has 0 aromatic rings. The Morgan fingerprint density at radius 2 is 1.79 bits per heavy atom. The lowest BCUT2D eigenvalue weighted by molar-refractivity contribution is -0.199. The smallest absolute Gasteiger partial charge is 0.356 e. The van der Waals surface area contributed by atoms with Crippen LogP contribution in [-0.2, 0) is 9.74 Å². The molecule has 4 heteroatoms. The molecule has 0 aliphatic rings. The largest absolute Gasteiger partial charge is 0.395 e. The summed E-state index contributed by atoms with van der Waals surface area (Å²) in [7, 11) is 0. The normalized spacial score (nSPS) is 16.1. The highest BCUT2D eigenvalue weighted by atomic mass is 19.3. The molecule has 0 amide bonds. The van der Waals surface area contributed by atoms with Gasteiger partial charge in [0, 0.05) is 4.53 Å². The Hall–Kier alpha value is -0.640. The third-order valence-corrected chi connectivity index (χ3v) is 2.34. The van der Waals surface area contributed by atoms with Crippen LogP contribution in [0.25, 0.3) is 0 Å². The van der Waals surface area contributed by atoms with Gasteiger partial charge in [0.15, 0.2) is 0 Å². The quantitative estimate of drug-likeness (QED) is 0.767. The number of rotatable bonds is 4. The van der Waals surface area contributed by atoms with Crippen LogP contribution in [0.3, 0.4) is 0 Å². The Labute approximate surface area is 84.2 Å². The zero-order chi connectivity index (χ0) is 11.4. The second kappa shape index (κ2) is 4.73. The molecule has 0 saturated heterocycles. The fraction of sp³-hybridized carbons (Fsp3) is 0.900. The maximum atomic E-state index is 11.7. The van der Waals surface area contributed by atoms with Crippen molar-refractivity contribution in [3.63, 3.8) is 0 Å². The average molecular weight is 206 g/mol. The first-order chi connectivity index (χ1) is 6.25. The van der Waals surface area contributed by atoms with Gasteiger partial charge >= 0.3 is 5.97 Å². The van der Waals surface area contributed by atoms with Crippen LogP contribution in [0.4, 0.5) is 4.53 Å². The van der Waals surface area contributed by atoms with E-state index in [2.05, 4.69) is 4.94 Å². The van der Waals surface area contributed by atoms with Crippen molar-refractivity contribution in [2.45, 2.75) is 40.5 Å². The monoisotopic (exact) mass is 206 g/mol. The second-order valence-electron chi connectivity index (χ2n) is 5.14. The summed E-state index contributed by atoms with van der Waals surface area (Å²) >= 11 is 0. The van der Waals surface area contributed by atoms with E-state index in [0.29, 0.717) is 6.42 Å². The van der Waals surface area contributed by atoms with E-state index in [1.807, 2.05) is 20.8 Å². The first kappa shape index (κ1) is 13.4. The molecule has 0 rings (SSSR count). The van der Waals surface area contributed by atoms with E-state index < -0.39 is 18.0 Å². The Kier molecular flexibility index (Phi) is 4.52. The van der Waals surface area contributed by atoms with Gasteiger partial charge < -0.3 is 5.11 Å². The Balaban J connectivity index is 4.34. The minimum atomic E-state index is -1.12. The highest BCUT2D eigenvalue weighted by Gasteiger charge is 2.36. The van der Waals surface area contributed by atoms with Gasteiger partial charge in [0.1, 0.15) is 0 Å². The molecule has 0 aliphatic heterocycles. The summed E-state index contributed by atoms with van der Waals surface area (Å²) < 4.78 is 11.7. The lowest BCUT2D eigenvalue weighted by atomic mass is 9.79. The van der Waals surface area contributed by atoms with Crippen molar-refractivity contribution >= 4 is 5.97 Å². The molecule has 1 unspecified atom stereocenters. The summed E-state index contributed by atoms with van der Waals surface area (Å²) in [5.41, 5.74) is -1.07. The third kappa shape index (κ3) is 4.05. The molecular weight excluding hydrogens is 187 g/mol. The molecule has 3 nitrogen and oxygen atoms in total. The van der Waals surface area contributed by atoms with Crippen LogP contribution in [-0.4, -0.2) is 17.7 Å². The summed E-state index contributed by atoms with van der Waals surface area (Å²) in [6.45, 7) is 7.16. The van der Waals surface area contributed by atoms with Gasteiger partial charge in [0.25, 0.3) is 0 Å². The van der Waals surface area contributed by atoms with Crippen molar-refractivity contribution in [3.8, 4) is 0 Å². The standard InChI is InChI=1S/C10H19FO3/c1-9(2,3)5-6-10(4,7-12)8(13)14-11/h12H,5-7H2,1-4H3. The van der Waals surface area contributed by atoms with Gasteiger partial charge in [-0.1, -0.05) is 20.8 Å². The van der Waals surface area contributed by atoms with E-state index in [0.717, 1.165) is 6.42 Å². The van der Waals surface area contributed by atoms with Crippen LogP contribution >= 0.6 is 0 Å². The van der Waals surface area contributed by atoms with Crippen LogP contribution in [0.2, 0.25) is 0 Å². The van der Waals surface area contributed by atoms with Gasteiger partial charge in [-0.05, 0) is 25.2 Å². The molecule has 0 aliphatic carbocycles. The summed E-state index contributed by atoms with van der Waals surface area (Å²) in [4.78, 5) is 14.2. The first-order valence-electron chi connectivity index (χ1n) is 4.69. The van der Waals surface area contributed by atoms with Crippen molar-refractivity contribution in [2.75, 3.05) is 6.61 Å². The van der Waals surface area contributed by atoms with E-state index >= 15 is 0 Å². The molecule has 0 aromatic heterocycles. The van der Waals surface area contributed by atoms with Crippen molar-refractivity contribution in [2.24, 2.45) is 10.8 Å². The number of hydrogen-bond donors (Lipinski definition) is 1. The molecule has 0 fully saturated rings. The lowest BCUT2D eigenvalue weighted by Gasteiger charge is -2.26. The molecule has 0 radical (unpaired) electrons. The van der Waals surface area contributed by atoms with Crippen molar-refractivity contribution in [1.29, 1.82) is 0 Å². The average Bonchev–Trinajstić information content (AvgIpc) is 2.11. The topological polar surface area (TPSA) is 46.5 Å². The third-order valence-electron chi connectivity index (χ3n) is 2.34. The number of aliphatic hydroxyl groups is 1. The number of hydrogen-bond acceptors (Lipinski definition) is 3. The first-order valence-corrected chi connectivity index (χ1v) is 4.69. The minimum absolute atomic E-state index is 0.0486. The van der Waals surface area contributed by atoms with Crippen molar-refractivity contribution in [3.05, 3.63) is 0 Å². The number of halogens is 1. The molecule has 14 heavy (non-hydrogen) atoms. The fourth-order valence-corrected chi connectivity index (χ4v) is 0.990. The molecule has 1 atom stereocenters. The van der Waals surface area contributed by atoms with E-state index in [4.69, 9.17) is 5.11 Å². The summed E-state index contributed by atoms with van der Waals surface area (Å²) in [5, 5.41) is 9.02. The number of carbonyl (C=O) groups excluding carboxylic acids is 1. The predicted molar refractivity (Wildman–Crippen MR) is 51.1 cm³/mol. The second-order valence-corrected chi connectivity index (χ2v) is 5.14. The molecule has 0 saturated carbocycles. The predicted octanol–water partition coefficient (Wildman–Crippen LogP) is 2.24. The number of aliphatic hydroxyl groups excluding tert-OH is 1. The van der Waals surface area contributed by atoms with Gasteiger partial charge in [-0.2, -0.15) is 0 Å². The molecular formula is C10H19FO3. The van der Waals surface area contributed by atoms with Gasteiger partial charge in [0.2, 0.25) is 0 Å². The van der Waals surface area contributed by atoms with Crippen LogP contribution in [0.15, 0.2) is 0 Å². The summed E-state index contributed by atoms with van der Waals surface area (Å²) in [6.07, 6.45) is 1.13. The highest BCUT2D eigenvalue weighted by Crippen LogP contribution is 2.31. The molecule has 84 valence electrons.